The third-order valence-electron chi connectivity index (χ3n) is 4.50. The lowest BCUT2D eigenvalue weighted by molar-refractivity contribution is 0.0734. The predicted octanol–water partition coefficient (Wildman–Crippen LogP) is 6.16. The van der Waals surface area contributed by atoms with E-state index in [1.165, 1.54) is 18.3 Å². The summed E-state index contributed by atoms with van der Waals surface area (Å²) in [4.78, 5) is 24.5. The Bertz CT molecular complexity index is 1130. The lowest BCUT2D eigenvalue weighted by Gasteiger charge is -2.06. The van der Waals surface area contributed by atoms with E-state index in [2.05, 4.69) is 17.5 Å². The Morgan fingerprint density at radius 1 is 0.970 bits per heavy atom. The van der Waals surface area contributed by atoms with Crippen molar-refractivity contribution >= 4 is 41.3 Å². The van der Waals surface area contributed by atoms with Gasteiger partial charge >= 0.3 is 5.97 Å². The zero-order valence-electron chi connectivity index (χ0n) is 17.9. The van der Waals surface area contributed by atoms with Crippen molar-refractivity contribution in [1.82, 2.24) is 5.43 Å². The number of rotatable bonds is 9. The van der Waals surface area contributed by atoms with Crippen molar-refractivity contribution in [3.8, 4) is 11.5 Å². The lowest BCUT2D eigenvalue weighted by atomic mass is 10.2. The molecule has 0 aromatic heterocycles. The van der Waals surface area contributed by atoms with Gasteiger partial charge in [0, 0.05) is 10.6 Å². The first-order valence-corrected chi connectivity index (χ1v) is 11.1. The Hall–Kier alpha value is -3.35. The van der Waals surface area contributed by atoms with Crippen LogP contribution in [0.25, 0.3) is 0 Å². The average molecular weight is 485 g/mol. The van der Waals surface area contributed by atoms with E-state index < -0.39 is 5.97 Å². The van der Waals surface area contributed by atoms with E-state index in [0.717, 1.165) is 18.6 Å². The molecule has 3 aromatic carbocycles. The highest BCUT2D eigenvalue weighted by Crippen LogP contribution is 2.23. The van der Waals surface area contributed by atoms with Gasteiger partial charge in [-0.2, -0.15) is 5.10 Å². The molecule has 0 atom stereocenters. The second-order valence-corrected chi connectivity index (χ2v) is 7.85. The van der Waals surface area contributed by atoms with Crippen molar-refractivity contribution in [2.75, 3.05) is 6.61 Å². The predicted molar refractivity (Wildman–Crippen MR) is 130 cm³/mol. The molecule has 0 bridgehead atoms. The summed E-state index contributed by atoms with van der Waals surface area (Å²) < 4.78 is 10.9. The molecule has 3 rings (SSSR count). The van der Waals surface area contributed by atoms with E-state index >= 15 is 0 Å². The van der Waals surface area contributed by atoms with Gasteiger partial charge in [-0.05, 0) is 78.7 Å². The number of amides is 1. The number of nitrogens with one attached hydrogen (secondary N) is 1. The highest BCUT2D eigenvalue weighted by Gasteiger charge is 2.13. The van der Waals surface area contributed by atoms with E-state index in [1.807, 2.05) is 0 Å². The fraction of sp³-hybridized carbons (Fsp3) is 0.160. The van der Waals surface area contributed by atoms with Crippen molar-refractivity contribution in [3.05, 3.63) is 93.5 Å². The minimum Gasteiger partial charge on any atom is -0.494 e. The molecule has 8 heteroatoms. The van der Waals surface area contributed by atoms with Gasteiger partial charge in [0.05, 0.1) is 23.4 Å². The van der Waals surface area contributed by atoms with Crippen LogP contribution in [0.4, 0.5) is 0 Å². The van der Waals surface area contributed by atoms with E-state index in [0.29, 0.717) is 28.5 Å². The van der Waals surface area contributed by atoms with E-state index in [-0.39, 0.29) is 16.5 Å². The summed E-state index contributed by atoms with van der Waals surface area (Å²) >= 11 is 11.9. The Morgan fingerprint density at radius 2 is 1.67 bits per heavy atom. The van der Waals surface area contributed by atoms with Crippen LogP contribution in [-0.2, 0) is 0 Å². The Morgan fingerprint density at radius 3 is 2.33 bits per heavy atom. The molecule has 6 nitrogen and oxygen atoms in total. The number of benzene rings is 3. The van der Waals surface area contributed by atoms with Crippen molar-refractivity contribution in [2.45, 2.75) is 19.8 Å². The maximum Gasteiger partial charge on any atom is 0.345 e. The Balaban J connectivity index is 1.51. The van der Waals surface area contributed by atoms with Crippen molar-refractivity contribution in [3.63, 3.8) is 0 Å². The van der Waals surface area contributed by atoms with Gasteiger partial charge < -0.3 is 9.47 Å². The molecule has 0 aliphatic carbocycles. The normalized spacial score (nSPS) is 10.8. The molecule has 0 saturated heterocycles. The van der Waals surface area contributed by atoms with Crippen LogP contribution in [0.1, 0.15) is 46.0 Å². The summed E-state index contributed by atoms with van der Waals surface area (Å²) in [6, 6.07) is 18.0. The first-order valence-electron chi connectivity index (χ1n) is 10.3. The fourth-order valence-corrected chi connectivity index (χ4v) is 3.19. The van der Waals surface area contributed by atoms with Gasteiger partial charge in [0.2, 0.25) is 0 Å². The molecule has 0 aliphatic heterocycles. The minimum absolute atomic E-state index is 0.214. The molecule has 170 valence electrons. The molecule has 0 saturated carbocycles. The molecule has 1 amide bonds. The molecule has 0 heterocycles. The van der Waals surface area contributed by atoms with Crippen LogP contribution in [0.3, 0.4) is 0 Å². The van der Waals surface area contributed by atoms with Crippen molar-refractivity contribution in [2.24, 2.45) is 5.10 Å². The second kappa shape index (κ2) is 12.0. The number of halogens is 2. The number of hydrogen-bond acceptors (Lipinski definition) is 5. The average Bonchev–Trinajstić information content (AvgIpc) is 2.80. The molecule has 0 radical (unpaired) electrons. The van der Waals surface area contributed by atoms with Crippen LogP contribution in [0.5, 0.6) is 11.5 Å². The lowest BCUT2D eigenvalue weighted by Crippen LogP contribution is -2.17. The monoisotopic (exact) mass is 484 g/mol. The molecule has 0 aliphatic rings. The van der Waals surface area contributed by atoms with Gasteiger partial charge in [-0.15, -0.1) is 0 Å². The molecular formula is C25H22Cl2N2O4. The highest BCUT2D eigenvalue weighted by atomic mass is 35.5. The molecule has 1 N–H and O–H groups in total. The van der Waals surface area contributed by atoms with Crippen LogP contribution in [0, 0.1) is 0 Å². The molecule has 0 spiro atoms. The largest absolute Gasteiger partial charge is 0.494 e. The van der Waals surface area contributed by atoms with Gasteiger partial charge in [-0.25, -0.2) is 10.2 Å². The zero-order valence-corrected chi connectivity index (χ0v) is 19.4. The first-order chi connectivity index (χ1) is 16.0. The smallest absolute Gasteiger partial charge is 0.345 e. The van der Waals surface area contributed by atoms with Gasteiger partial charge in [0.15, 0.2) is 0 Å². The van der Waals surface area contributed by atoms with Gasteiger partial charge in [-0.1, -0.05) is 36.5 Å². The summed E-state index contributed by atoms with van der Waals surface area (Å²) in [6.45, 7) is 2.75. The number of hydrogen-bond donors (Lipinski definition) is 1. The molecule has 33 heavy (non-hydrogen) atoms. The number of hydrazone groups is 1. The molecule has 3 aromatic rings. The van der Waals surface area contributed by atoms with Gasteiger partial charge in [0.1, 0.15) is 11.5 Å². The van der Waals surface area contributed by atoms with Crippen molar-refractivity contribution in [1.29, 1.82) is 0 Å². The number of unbranched alkanes of at least 4 members (excludes halogenated alkanes) is 1. The van der Waals surface area contributed by atoms with Gasteiger partial charge in [0.25, 0.3) is 5.91 Å². The second-order valence-electron chi connectivity index (χ2n) is 7.01. The van der Waals surface area contributed by atoms with Crippen LogP contribution >= 0.6 is 23.2 Å². The summed E-state index contributed by atoms with van der Waals surface area (Å²) in [5, 5.41) is 4.61. The molecule has 0 unspecified atom stereocenters. The van der Waals surface area contributed by atoms with E-state index in [9.17, 15) is 9.59 Å². The van der Waals surface area contributed by atoms with Crippen LogP contribution in [0.2, 0.25) is 10.0 Å². The minimum atomic E-state index is -0.591. The van der Waals surface area contributed by atoms with Crippen LogP contribution in [-0.4, -0.2) is 24.7 Å². The number of nitrogens with zero attached hydrogens (tertiary/aromatic N) is 1. The number of esters is 1. The highest BCUT2D eigenvalue weighted by molar-refractivity contribution is 6.36. The summed E-state index contributed by atoms with van der Waals surface area (Å²) in [6.07, 6.45) is 3.53. The van der Waals surface area contributed by atoms with Gasteiger partial charge in [-0.3, -0.25) is 4.79 Å². The van der Waals surface area contributed by atoms with E-state index in [1.54, 1.807) is 54.6 Å². The SMILES string of the molecule is CCCCOc1ccc(C(=O)NN=Cc2ccc(OC(=O)c3ccc(Cl)cc3Cl)cc2)cc1. The number of carbonyl (C=O) groups is 2. The Kier molecular flexibility index (Phi) is 8.87. The summed E-state index contributed by atoms with van der Waals surface area (Å²) in [5.41, 5.74) is 3.87. The zero-order chi connectivity index (χ0) is 23.6. The quantitative estimate of drug-likeness (QED) is 0.130. The third-order valence-corrected chi connectivity index (χ3v) is 5.05. The number of ether oxygens (including phenoxy) is 2. The summed E-state index contributed by atoms with van der Waals surface area (Å²) in [5.74, 6) is 0.139. The first kappa shape index (κ1) is 24.3. The van der Waals surface area contributed by atoms with Crippen LogP contribution < -0.4 is 14.9 Å². The van der Waals surface area contributed by atoms with Crippen molar-refractivity contribution < 1.29 is 19.1 Å². The standard InChI is InChI=1S/C25H22Cl2N2O4/c1-2-3-14-32-20-11-6-18(7-12-20)24(30)29-28-16-17-4-9-21(10-5-17)33-25(31)22-13-8-19(26)15-23(22)27/h4-13,15-16H,2-3,14H2,1H3,(H,29,30). The molecular weight excluding hydrogens is 463 g/mol. The van der Waals surface area contributed by atoms with Crippen LogP contribution in [0.15, 0.2) is 71.8 Å². The fourth-order valence-electron chi connectivity index (χ4n) is 2.71. The third kappa shape index (κ3) is 7.34. The van der Waals surface area contributed by atoms with E-state index in [4.69, 9.17) is 32.7 Å². The Labute approximate surface area is 202 Å². The summed E-state index contributed by atoms with van der Waals surface area (Å²) in [7, 11) is 0. The topological polar surface area (TPSA) is 77.0 Å². The maximum atomic E-state index is 12.3. The number of carbonyl (C=O) groups excluding carboxylic acids is 2. The molecule has 0 fully saturated rings. The maximum absolute atomic E-state index is 12.3.